The van der Waals surface area contributed by atoms with Crippen LogP contribution in [-0.4, -0.2) is 18.5 Å². The number of nitrogens with two attached hydrogens (primary N) is 1. The first-order chi connectivity index (χ1) is 8.43. The number of carbonyl (C=O) groups excluding carboxylic acids is 1. The van der Waals surface area contributed by atoms with Gasteiger partial charge >= 0.3 is 0 Å². The Bertz CT molecular complexity index is 418. The average Bonchev–Trinajstić information content (AvgIpc) is 2.27. The lowest BCUT2D eigenvalue weighted by atomic mass is 10.0. The minimum atomic E-state index is -0.493. The Morgan fingerprint density at radius 2 is 2.11 bits per heavy atom. The number of rotatable bonds is 5. The zero-order valence-corrected chi connectivity index (χ0v) is 11.2. The van der Waals surface area contributed by atoms with Crippen LogP contribution in [0, 0.1) is 18.7 Å². The van der Waals surface area contributed by atoms with E-state index < -0.39 is 11.7 Å². The molecule has 1 unspecified atom stereocenters. The number of benzene rings is 1. The summed E-state index contributed by atoms with van der Waals surface area (Å²) in [7, 11) is 0. The van der Waals surface area contributed by atoms with Gasteiger partial charge in [0.05, 0.1) is 5.56 Å². The zero-order valence-electron chi connectivity index (χ0n) is 11.2. The van der Waals surface area contributed by atoms with Gasteiger partial charge in [-0.15, -0.1) is 0 Å². The summed E-state index contributed by atoms with van der Waals surface area (Å²) >= 11 is 0. The summed E-state index contributed by atoms with van der Waals surface area (Å²) in [5.74, 6) is -0.460. The van der Waals surface area contributed by atoms with Crippen molar-refractivity contribution in [2.24, 2.45) is 11.7 Å². The minimum Gasteiger partial charge on any atom is -0.348 e. The lowest BCUT2D eigenvalue weighted by Gasteiger charge is -2.19. The summed E-state index contributed by atoms with van der Waals surface area (Å²) in [6, 6.07) is 4.47. The molecule has 0 aromatic heterocycles. The largest absolute Gasteiger partial charge is 0.348 e. The molecule has 0 aliphatic heterocycles. The first kappa shape index (κ1) is 14.6. The molecule has 1 aromatic carbocycles. The molecule has 0 aliphatic carbocycles. The van der Waals surface area contributed by atoms with Crippen molar-refractivity contribution in [3.8, 4) is 0 Å². The number of nitrogens with one attached hydrogen (secondary N) is 1. The molecule has 1 amide bonds. The van der Waals surface area contributed by atoms with Gasteiger partial charge in [0.25, 0.3) is 5.91 Å². The monoisotopic (exact) mass is 252 g/mol. The Kier molecular flexibility index (Phi) is 5.28. The van der Waals surface area contributed by atoms with Crippen LogP contribution in [0.2, 0.25) is 0 Å². The van der Waals surface area contributed by atoms with Crippen LogP contribution in [0.1, 0.15) is 36.2 Å². The molecule has 100 valence electrons. The highest BCUT2D eigenvalue weighted by Gasteiger charge is 2.16. The number of hydrogen-bond acceptors (Lipinski definition) is 2. The number of amides is 1. The Labute approximate surface area is 108 Å². The summed E-state index contributed by atoms with van der Waals surface area (Å²) in [4.78, 5) is 11.9. The number of halogens is 1. The first-order valence-corrected chi connectivity index (χ1v) is 6.21. The number of carbonyl (C=O) groups is 1. The van der Waals surface area contributed by atoms with E-state index in [9.17, 15) is 9.18 Å². The molecular weight excluding hydrogens is 231 g/mol. The molecule has 0 aliphatic rings. The molecule has 0 heterocycles. The number of aryl methyl sites for hydroxylation is 1. The third-order valence-electron chi connectivity index (χ3n) is 2.74. The summed E-state index contributed by atoms with van der Waals surface area (Å²) < 4.78 is 13.6. The zero-order chi connectivity index (χ0) is 13.7. The predicted molar refractivity (Wildman–Crippen MR) is 70.9 cm³/mol. The second-order valence-electron chi connectivity index (χ2n) is 5.02. The van der Waals surface area contributed by atoms with Crippen molar-refractivity contribution in [3.63, 3.8) is 0 Å². The predicted octanol–water partition coefficient (Wildman–Crippen LogP) is 2.24. The molecule has 3 N–H and O–H groups in total. The highest BCUT2D eigenvalue weighted by atomic mass is 19.1. The Morgan fingerprint density at radius 1 is 1.44 bits per heavy atom. The van der Waals surface area contributed by atoms with Gasteiger partial charge in [0.15, 0.2) is 0 Å². The molecule has 0 spiro atoms. The molecule has 1 rings (SSSR count). The van der Waals surface area contributed by atoms with E-state index in [1.165, 1.54) is 12.1 Å². The molecule has 3 nitrogen and oxygen atoms in total. The molecule has 0 radical (unpaired) electrons. The second kappa shape index (κ2) is 6.50. The van der Waals surface area contributed by atoms with E-state index in [1.807, 2.05) is 0 Å². The van der Waals surface area contributed by atoms with Crippen molar-refractivity contribution in [1.82, 2.24) is 5.32 Å². The molecule has 0 fully saturated rings. The van der Waals surface area contributed by atoms with Gasteiger partial charge in [-0.2, -0.15) is 0 Å². The van der Waals surface area contributed by atoms with Crippen molar-refractivity contribution in [2.45, 2.75) is 33.2 Å². The number of hydrogen-bond donors (Lipinski definition) is 2. The average molecular weight is 252 g/mol. The third kappa shape index (κ3) is 4.11. The van der Waals surface area contributed by atoms with Crippen LogP contribution in [0.15, 0.2) is 18.2 Å². The lowest BCUT2D eigenvalue weighted by Crippen LogP contribution is -2.41. The van der Waals surface area contributed by atoms with Crippen LogP contribution in [-0.2, 0) is 0 Å². The first-order valence-electron chi connectivity index (χ1n) is 6.21. The molecule has 18 heavy (non-hydrogen) atoms. The standard InChI is InChI=1S/C14H21FN2O/c1-9(2)6-11(8-16)17-14(18)12-5-4-10(3)7-13(12)15/h4-5,7,9,11H,6,8,16H2,1-3H3,(H,17,18). The van der Waals surface area contributed by atoms with Crippen LogP contribution in [0.5, 0.6) is 0 Å². The van der Waals surface area contributed by atoms with Crippen LogP contribution in [0.3, 0.4) is 0 Å². The second-order valence-corrected chi connectivity index (χ2v) is 5.02. The summed E-state index contributed by atoms with van der Waals surface area (Å²) in [6.07, 6.45) is 0.787. The quantitative estimate of drug-likeness (QED) is 0.844. The maximum absolute atomic E-state index is 13.6. The van der Waals surface area contributed by atoms with Crippen molar-refractivity contribution < 1.29 is 9.18 Å². The van der Waals surface area contributed by atoms with Crippen molar-refractivity contribution in [2.75, 3.05) is 6.54 Å². The van der Waals surface area contributed by atoms with E-state index in [4.69, 9.17) is 5.73 Å². The van der Waals surface area contributed by atoms with Gasteiger partial charge < -0.3 is 11.1 Å². The molecule has 0 saturated carbocycles. The van der Waals surface area contributed by atoms with Crippen LogP contribution < -0.4 is 11.1 Å². The van der Waals surface area contributed by atoms with Crippen LogP contribution in [0.25, 0.3) is 0 Å². The molecule has 0 bridgehead atoms. The summed E-state index contributed by atoms with van der Waals surface area (Å²) in [6.45, 7) is 6.26. The van der Waals surface area contributed by atoms with E-state index >= 15 is 0 Å². The molecule has 1 atom stereocenters. The van der Waals surface area contributed by atoms with Crippen LogP contribution in [0.4, 0.5) is 4.39 Å². The fourth-order valence-electron chi connectivity index (χ4n) is 1.85. The van der Waals surface area contributed by atoms with E-state index in [0.717, 1.165) is 12.0 Å². The van der Waals surface area contributed by atoms with E-state index in [0.29, 0.717) is 12.5 Å². The normalized spacial score (nSPS) is 12.6. The maximum Gasteiger partial charge on any atom is 0.254 e. The van der Waals surface area contributed by atoms with E-state index in [-0.39, 0.29) is 11.6 Å². The van der Waals surface area contributed by atoms with Gasteiger partial charge in [-0.3, -0.25) is 4.79 Å². The third-order valence-corrected chi connectivity index (χ3v) is 2.74. The van der Waals surface area contributed by atoms with Crippen molar-refractivity contribution in [3.05, 3.63) is 35.1 Å². The van der Waals surface area contributed by atoms with Gasteiger partial charge in [-0.1, -0.05) is 19.9 Å². The van der Waals surface area contributed by atoms with Gasteiger partial charge in [0.1, 0.15) is 5.82 Å². The Balaban J connectivity index is 2.74. The Hall–Kier alpha value is -1.42. The molecular formula is C14H21FN2O. The van der Waals surface area contributed by atoms with Gasteiger partial charge in [-0.25, -0.2) is 4.39 Å². The molecule has 4 heteroatoms. The van der Waals surface area contributed by atoms with Gasteiger partial charge in [0, 0.05) is 12.6 Å². The van der Waals surface area contributed by atoms with Crippen molar-refractivity contribution in [1.29, 1.82) is 0 Å². The van der Waals surface area contributed by atoms with Crippen molar-refractivity contribution >= 4 is 5.91 Å². The topological polar surface area (TPSA) is 55.1 Å². The summed E-state index contributed by atoms with van der Waals surface area (Å²) in [5.41, 5.74) is 6.47. The maximum atomic E-state index is 13.6. The summed E-state index contributed by atoms with van der Waals surface area (Å²) in [5, 5.41) is 2.77. The van der Waals surface area contributed by atoms with E-state index in [1.54, 1.807) is 13.0 Å². The minimum absolute atomic E-state index is 0.0720. The highest BCUT2D eigenvalue weighted by molar-refractivity contribution is 5.94. The lowest BCUT2D eigenvalue weighted by molar-refractivity contribution is 0.0929. The van der Waals surface area contributed by atoms with Gasteiger partial charge in [0.2, 0.25) is 0 Å². The molecule has 1 aromatic rings. The fourth-order valence-corrected chi connectivity index (χ4v) is 1.85. The van der Waals surface area contributed by atoms with E-state index in [2.05, 4.69) is 19.2 Å². The SMILES string of the molecule is Cc1ccc(C(=O)NC(CN)CC(C)C)c(F)c1. The fraction of sp³-hybridized carbons (Fsp3) is 0.500. The van der Waals surface area contributed by atoms with Crippen LogP contribution >= 0.6 is 0 Å². The smallest absolute Gasteiger partial charge is 0.254 e. The Morgan fingerprint density at radius 3 is 2.61 bits per heavy atom. The molecule has 0 saturated heterocycles. The highest BCUT2D eigenvalue weighted by Crippen LogP contribution is 2.11. The van der Waals surface area contributed by atoms with Gasteiger partial charge in [-0.05, 0) is 37.0 Å².